The van der Waals surface area contributed by atoms with Crippen LogP contribution < -0.4 is 0 Å². The number of Topliss-reactive ketones (excluding diaryl/α,β-unsaturated/α-hetero) is 1. The summed E-state index contributed by atoms with van der Waals surface area (Å²) in [6, 6.07) is 9.25. The van der Waals surface area contributed by atoms with Crippen LogP contribution in [0.15, 0.2) is 84.8 Å². The Labute approximate surface area is 237 Å². The van der Waals surface area contributed by atoms with Gasteiger partial charge in [-0.15, -0.1) is 6.58 Å². The number of amides is 2. The van der Waals surface area contributed by atoms with Crippen LogP contribution >= 0.6 is 0 Å². The standard InChI is InChI=1S/C30H34N4O3.C3H6/c1-20-18-23(19-31(20)3)28-27(25-10-5-6-11-26(25)29(36)32(28)4)30(37)34-16-14-33(15-17-34)24-9-7-8-22(12-13-24)21(2)35;1-3-2/h5-6,8-13,18-19,27-28H,7,14-17H2,1-4H3;3H,1H2,2H3. The fourth-order valence-electron chi connectivity index (χ4n) is 5.72. The summed E-state index contributed by atoms with van der Waals surface area (Å²) < 4.78 is 2.04. The minimum Gasteiger partial charge on any atom is -0.368 e. The molecule has 1 saturated heterocycles. The molecule has 2 unspecified atom stereocenters. The van der Waals surface area contributed by atoms with Gasteiger partial charge in [0.05, 0.1) is 12.0 Å². The molecule has 3 heterocycles. The molecular formula is C33H40N4O3. The summed E-state index contributed by atoms with van der Waals surface area (Å²) in [7, 11) is 3.79. The number of benzene rings is 1. The molecule has 0 N–H and O–H groups in total. The Kier molecular flexibility index (Phi) is 8.93. The van der Waals surface area contributed by atoms with Crippen molar-refractivity contribution in [1.29, 1.82) is 0 Å². The lowest BCUT2D eigenvalue weighted by atomic mass is 9.79. The first-order valence-corrected chi connectivity index (χ1v) is 13.9. The summed E-state index contributed by atoms with van der Waals surface area (Å²) in [4.78, 5) is 45.2. The lowest BCUT2D eigenvalue weighted by molar-refractivity contribution is -0.136. The van der Waals surface area contributed by atoms with Crippen molar-refractivity contribution in [2.24, 2.45) is 7.05 Å². The zero-order valence-corrected chi connectivity index (χ0v) is 24.3. The van der Waals surface area contributed by atoms with Crippen molar-refractivity contribution in [3.05, 3.63) is 107 Å². The number of rotatable bonds is 4. The third kappa shape index (κ3) is 5.74. The van der Waals surface area contributed by atoms with E-state index in [1.165, 1.54) is 0 Å². The number of aromatic nitrogens is 1. The molecule has 1 aromatic carbocycles. The first kappa shape index (κ1) is 28.9. The van der Waals surface area contributed by atoms with Crippen molar-refractivity contribution in [2.45, 2.75) is 39.2 Å². The lowest BCUT2D eigenvalue weighted by Gasteiger charge is -2.43. The fourth-order valence-corrected chi connectivity index (χ4v) is 5.72. The van der Waals surface area contributed by atoms with Gasteiger partial charge in [0, 0.05) is 69.0 Å². The first-order chi connectivity index (χ1) is 19.2. The highest BCUT2D eigenvalue weighted by Crippen LogP contribution is 2.43. The number of fused-ring (bicyclic) bond motifs is 1. The molecule has 2 amide bonds. The average Bonchev–Trinajstić information content (AvgIpc) is 3.13. The molecule has 210 valence electrons. The third-order valence-electron chi connectivity index (χ3n) is 7.92. The predicted molar refractivity (Wildman–Crippen MR) is 159 cm³/mol. The van der Waals surface area contributed by atoms with Crippen LogP contribution in [0.3, 0.4) is 0 Å². The minimum atomic E-state index is -0.466. The molecule has 0 saturated carbocycles. The number of aryl methyl sites for hydroxylation is 2. The van der Waals surface area contributed by atoms with E-state index in [0.717, 1.165) is 41.2 Å². The molecule has 2 atom stereocenters. The van der Waals surface area contributed by atoms with Crippen LogP contribution in [-0.4, -0.2) is 70.1 Å². The summed E-state index contributed by atoms with van der Waals surface area (Å²) >= 11 is 0. The molecule has 1 aliphatic carbocycles. The smallest absolute Gasteiger partial charge is 0.254 e. The fraction of sp³-hybridized carbons (Fsp3) is 0.364. The highest BCUT2D eigenvalue weighted by Gasteiger charge is 2.44. The summed E-state index contributed by atoms with van der Waals surface area (Å²) in [5, 5.41) is 0. The SMILES string of the molecule is C=CC.CC(=O)C1=CCC=C(N2CCN(C(=O)C3c4ccccc4C(=O)N(C)C3c3cc(C)n(C)c3)CC2)C=C1. The van der Waals surface area contributed by atoms with E-state index in [-0.39, 0.29) is 23.6 Å². The van der Waals surface area contributed by atoms with Gasteiger partial charge in [0.15, 0.2) is 5.78 Å². The van der Waals surface area contributed by atoms with Crippen LogP contribution in [0.4, 0.5) is 0 Å². The molecule has 0 spiro atoms. The van der Waals surface area contributed by atoms with Gasteiger partial charge in [-0.05, 0) is 62.6 Å². The molecule has 3 aliphatic rings. The molecule has 5 rings (SSSR count). The number of hydrogen-bond donors (Lipinski definition) is 0. The van der Waals surface area contributed by atoms with Crippen LogP contribution in [0.2, 0.25) is 0 Å². The maximum Gasteiger partial charge on any atom is 0.254 e. The van der Waals surface area contributed by atoms with Crippen molar-refractivity contribution in [3.8, 4) is 0 Å². The van der Waals surface area contributed by atoms with E-state index in [4.69, 9.17) is 0 Å². The van der Waals surface area contributed by atoms with Crippen molar-refractivity contribution < 1.29 is 14.4 Å². The highest BCUT2D eigenvalue weighted by molar-refractivity contribution is 6.01. The number of hydrogen-bond acceptors (Lipinski definition) is 4. The average molecular weight is 541 g/mol. The van der Waals surface area contributed by atoms with Gasteiger partial charge in [-0.3, -0.25) is 14.4 Å². The summed E-state index contributed by atoms with van der Waals surface area (Å²) in [6.07, 6.45) is 12.5. The molecule has 2 aromatic rings. The largest absolute Gasteiger partial charge is 0.368 e. The van der Waals surface area contributed by atoms with Crippen LogP contribution in [0.1, 0.15) is 59.4 Å². The van der Waals surface area contributed by atoms with Gasteiger partial charge < -0.3 is 19.3 Å². The van der Waals surface area contributed by atoms with E-state index in [0.29, 0.717) is 25.1 Å². The van der Waals surface area contributed by atoms with Gasteiger partial charge in [0.25, 0.3) is 5.91 Å². The monoisotopic (exact) mass is 540 g/mol. The molecule has 1 fully saturated rings. The molecule has 2 aliphatic heterocycles. The van der Waals surface area contributed by atoms with Gasteiger partial charge in [0.1, 0.15) is 0 Å². The topological polar surface area (TPSA) is 65.9 Å². The van der Waals surface area contributed by atoms with Crippen LogP contribution in [0.5, 0.6) is 0 Å². The van der Waals surface area contributed by atoms with Gasteiger partial charge in [-0.2, -0.15) is 0 Å². The second-order valence-electron chi connectivity index (χ2n) is 10.6. The zero-order valence-electron chi connectivity index (χ0n) is 24.3. The number of allylic oxidation sites excluding steroid dienone is 6. The van der Waals surface area contributed by atoms with Gasteiger partial charge in [0.2, 0.25) is 5.91 Å². The Morgan fingerprint density at radius 2 is 1.70 bits per heavy atom. The number of carbonyl (C=O) groups excluding carboxylic acids is 3. The maximum absolute atomic E-state index is 14.2. The van der Waals surface area contributed by atoms with E-state index in [1.807, 2.05) is 79.1 Å². The highest BCUT2D eigenvalue weighted by atomic mass is 16.2. The lowest BCUT2D eigenvalue weighted by Crippen LogP contribution is -2.52. The molecule has 7 heteroatoms. The number of ketones is 1. The van der Waals surface area contributed by atoms with E-state index < -0.39 is 5.92 Å². The quantitative estimate of drug-likeness (QED) is 0.516. The molecule has 7 nitrogen and oxygen atoms in total. The molecule has 40 heavy (non-hydrogen) atoms. The number of piperazine rings is 1. The predicted octanol–water partition coefficient (Wildman–Crippen LogP) is 4.94. The van der Waals surface area contributed by atoms with Crippen LogP contribution in [-0.2, 0) is 16.6 Å². The third-order valence-corrected chi connectivity index (χ3v) is 7.92. The minimum absolute atomic E-state index is 0.0541. The van der Waals surface area contributed by atoms with Gasteiger partial charge in [-0.25, -0.2) is 0 Å². The van der Waals surface area contributed by atoms with Crippen LogP contribution in [0.25, 0.3) is 0 Å². The second-order valence-corrected chi connectivity index (χ2v) is 10.6. The Morgan fingerprint density at radius 1 is 1.02 bits per heavy atom. The summed E-state index contributed by atoms with van der Waals surface area (Å²) in [5.41, 5.74) is 5.30. The summed E-state index contributed by atoms with van der Waals surface area (Å²) in [6.45, 7) is 11.5. The van der Waals surface area contributed by atoms with Crippen LogP contribution in [0, 0.1) is 6.92 Å². The Hall–Kier alpha value is -4.13. The Balaban J connectivity index is 0.00000118. The van der Waals surface area contributed by atoms with E-state index in [2.05, 4.69) is 23.6 Å². The maximum atomic E-state index is 14.2. The molecule has 0 radical (unpaired) electrons. The second kappa shape index (κ2) is 12.4. The molecule has 0 bridgehead atoms. The molecule has 1 aromatic heterocycles. The van der Waals surface area contributed by atoms with Crippen molar-refractivity contribution >= 4 is 17.6 Å². The first-order valence-electron chi connectivity index (χ1n) is 13.9. The van der Waals surface area contributed by atoms with E-state index in [1.54, 1.807) is 24.9 Å². The number of likely N-dealkylation sites (N-methyl/N-ethyl adjacent to an activating group) is 1. The Bertz CT molecular complexity index is 1370. The normalized spacial score (nSPS) is 20.5. The molecular weight excluding hydrogens is 500 g/mol. The van der Waals surface area contributed by atoms with Gasteiger partial charge in [-0.1, -0.05) is 36.4 Å². The zero-order chi connectivity index (χ0) is 29.0. The van der Waals surface area contributed by atoms with Crippen molar-refractivity contribution in [1.82, 2.24) is 19.3 Å². The van der Waals surface area contributed by atoms with E-state index in [9.17, 15) is 14.4 Å². The van der Waals surface area contributed by atoms with Crippen molar-refractivity contribution in [2.75, 3.05) is 33.2 Å². The number of nitrogens with zero attached hydrogens (tertiary/aromatic N) is 4. The summed E-state index contributed by atoms with van der Waals surface area (Å²) in [5.74, 6) is -0.391. The van der Waals surface area contributed by atoms with E-state index >= 15 is 0 Å². The number of carbonyl (C=O) groups is 3. The Morgan fingerprint density at radius 3 is 2.33 bits per heavy atom. The van der Waals surface area contributed by atoms with Gasteiger partial charge >= 0.3 is 0 Å². The van der Waals surface area contributed by atoms with Crippen molar-refractivity contribution in [3.63, 3.8) is 0 Å².